The maximum atomic E-state index is 14.5. The van der Waals surface area contributed by atoms with Gasteiger partial charge in [0.05, 0.1) is 12.4 Å². The minimum atomic E-state index is -3.18. The molecule has 1 atom stereocenters. The Morgan fingerprint density at radius 1 is 1.28 bits per heavy atom. The van der Waals surface area contributed by atoms with Crippen molar-refractivity contribution in [3.63, 3.8) is 0 Å². The van der Waals surface area contributed by atoms with Crippen LogP contribution in [0, 0.1) is 12.7 Å². The molecule has 0 aliphatic carbocycles. The van der Waals surface area contributed by atoms with Crippen LogP contribution >= 0.6 is 0 Å². The molecule has 7 heteroatoms. The van der Waals surface area contributed by atoms with Crippen LogP contribution in [-0.4, -0.2) is 31.6 Å². The monoisotopic (exact) mass is 367 g/mol. The lowest BCUT2D eigenvalue weighted by atomic mass is 10.0. The molecule has 0 bridgehead atoms. The molecule has 1 heterocycles. The van der Waals surface area contributed by atoms with E-state index in [1.54, 1.807) is 32.2 Å². The van der Waals surface area contributed by atoms with Gasteiger partial charge < -0.3 is 9.30 Å². The second kappa shape index (κ2) is 7.39. The van der Waals surface area contributed by atoms with Gasteiger partial charge in [-0.15, -0.1) is 0 Å². The Labute approximate surface area is 147 Å². The molecule has 0 unspecified atom stereocenters. The molecule has 0 spiro atoms. The van der Waals surface area contributed by atoms with Gasteiger partial charge in [0.2, 0.25) is 0 Å². The fraction of sp³-hybridized carbons (Fsp3) is 0.389. The molecule has 0 saturated heterocycles. The molecule has 1 aromatic carbocycles. The van der Waals surface area contributed by atoms with E-state index < -0.39 is 20.9 Å². The summed E-state index contributed by atoms with van der Waals surface area (Å²) in [6.45, 7) is 3.56. The minimum absolute atomic E-state index is 0.145. The largest absolute Gasteiger partial charge is 0.496 e. The Morgan fingerprint density at radius 3 is 2.52 bits per heavy atom. The van der Waals surface area contributed by atoms with Crippen molar-refractivity contribution < 1.29 is 17.5 Å². The summed E-state index contributed by atoms with van der Waals surface area (Å²) in [7, 11) is -1.62. The van der Waals surface area contributed by atoms with Crippen molar-refractivity contribution in [3.8, 4) is 16.9 Å². The van der Waals surface area contributed by atoms with Crippen LogP contribution in [0.4, 0.5) is 4.39 Å². The zero-order valence-electron chi connectivity index (χ0n) is 14.7. The Hall–Kier alpha value is -2.15. The Bertz CT molecular complexity index is 935. The van der Waals surface area contributed by atoms with Gasteiger partial charge in [-0.25, -0.2) is 12.8 Å². The molecule has 1 aromatic heterocycles. The van der Waals surface area contributed by atoms with Crippen molar-refractivity contribution in [1.29, 1.82) is 0 Å². The van der Waals surface area contributed by atoms with E-state index in [2.05, 4.69) is 0 Å². The van der Waals surface area contributed by atoms with Crippen molar-refractivity contribution >= 4 is 9.84 Å². The summed E-state index contributed by atoms with van der Waals surface area (Å²) in [6, 6.07) is 6.41. The van der Waals surface area contributed by atoms with Crippen molar-refractivity contribution in [2.45, 2.75) is 32.1 Å². The van der Waals surface area contributed by atoms with Gasteiger partial charge >= 0.3 is 0 Å². The molecule has 0 aliphatic rings. The van der Waals surface area contributed by atoms with E-state index in [1.807, 2.05) is 6.92 Å². The van der Waals surface area contributed by atoms with Crippen molar-refractivity contribution in [3.05, 3.63) is 52.2 Å². The minimum Gasteiger partial charge on any atom is -0.496 e. The number of aryl methyl sites for hydroxylation is 2. The second-order valence-electron chi connectivity index (χ2n) is 6.18. The number of pyridine rings is 1. The third-order valence-corrected chi connectivity index (χ3v) is 5.99. The van der Waals surface area contributed by atoms with Crippen LogP contribution in [0.15, 0.2) is 35.3 Å². The lowest BCUT2D eigenvalue weighted by Crippen LogP contribution is -2.24. The summed E-state index contributed by atoms with van der Waals surface area (Å²) < 4.78 is 43.8. The van der Waals surface area contributed by atoms with Gasteiger partial charge in [0.25, 0.3) is 5.56 Å². The number of aromatic nitrogens is 1. The fourth-order valence-electron chi connectivity index (χ4n) is 2.52. The first kappa shape index (κ1) is 19.2. The van der Waals surface area contributed by atoms with Gasteiger partial charge in [0.1, 0.15) is 21.4 Å². The van der Waals surface area contributed by atoms with Crippen LogP contribution in [0.2, 0.25) is 0 Å². The van der Waals surface area contributed by atoms with Gasteiger partial charge in [0, 0.05) is 30.6 Å². The molecular weight excluding hydrogens is 345 g/mol. The molecule has 136 valence electrons. The molecule has 25 heavy (non-hydrogen) atoms. The topological polar surface area (TPSA) is 65.4 Å². The molecule has 0 N–H and O–H groups in total. The van der Waals surface area contributed by atoms with Crippen LogP contribution in [0.5, 0.6) is 5.75 Å². The van der Waals surface area contributed by atoms with Crippen LogP contribution < -0.4 is 10.3 Å². The summed E-state index contributed by atoms with van der Waals surface area (Å²) in [5.41, 5.74) is 1.27. The van der Waals surface area contributed by atoms with Crippen molar-refractivity contribution in [1.82, 2.24) is 4.57 Å². The van der Waals surface area contributed by atoms with E-state index >= 15 is 0 Å². The van der Waals surface area contributed by atoms with Crippen LogP contribution in [0.25, 0.3) is 11.1 Å². The molecule has 2 aromatic rings. The molecule has 5 nitrogen and oxygen atoms in total. The summed E-state index contributed by atoms with van der Waals surface area (Å²) in [4.78, 5) is 12.3. The molecule has 2 rings (SSSR count). The first-order valence-corrected chi connectivity index (χ1v) is 9.83. The molecule has 0 amide bonds. The predicted octanol–water partition coefficient (Wildman–Crippen LogP) is 2.79. The maximum Gasteiger partial charge on any atom is 0.251 e. The van der Waals surface area contributed by atoms with Gasteiger partial charge in [-0.2, -0.15) is 0 Å². The normalized spacial score (nSPS) is 12.8. The van der Waals surface area contributed by atoms with E-state index in [0.717, 1.165) is 18.0 Å². The SMILES string of the molecule is COc1ccc(-c2cc(=O)n(CC[C@H](C)S(C)(=O)=O)cc2F)cc1C. The third kappa shape index (κ3) is 4.48. The highest BCUT2D eigenvalue weighted by Crippen LogP contribution is 2.27. The third-order valence-electron chi connectivity index (χ3n) is 4.29. The Kier molecular flexibility index (Phi) is 5.67. The van der Waals surface area contributed by atoms with E-state index in [4.69, 9.17) is 4.74 Å². The van der Waals surface area contributed by atoms with Crippen LogP contribution in [0.1, 0.15) is 18.9 Å². The second-order valence-corrected chi connectivity index (χ2v) is 8.64. The van der Waals surface area contributed by atoms with Crippen molar-refractivity contribution in [2.24, 2.45) is 0 Å². The standard InChI is InChI=1S/C18H22FNO4S/c1-12-9-14(5-6-17(12)24-3)15-10-18(21)20(11-16(15)19)8-7-13(2)25(4,22)23/h5-6,9-11,13H,7-8H2,1-4H3/t13-/m0/s1. The quantitative estimate of drug-likeness (QED) is 0.787. The number of ether oxygens (including phenoxy) is 1. The first-order chi connectivity index (χ1) is 11.6. The van der Waals surface area contributed by atoms with Gasteiger partial charge in [-0.05, 0) is 43.5 Å². The number of hydrogen-bond acceptors (Lipinski definition) is 4. The summed E-state index contributed by atoms with van der Waals surface area (Å²) in [6.07, 6.45) is 2.53. The van der Waals surface area contributed by atoms with E-state index in [9.17, 15) is 17.6 Å². The Balaban J connectivity index is 2.31. The molecule has 0 aliphatic heterocycles. The van der Waals surface area contributed by atoms with Gasteiger partial charge in [-0.3, -0.25) is 4.79 Å². The fourth-order valence-corrected chi connectivity index (χ4v) is 3.06. The zero-order valence-corrected chi connectivity index (χ0v) is 15.6. The Morgan fingerprint density at radius 2 is 1.96 bits per heavy atom. The van der Waals surface area contributed by atoms with Gasteiger partial charge in [-0.1, -0.05) is 6.07 Å². The van der Waals surface area contributed by atoms with Crippen LogP contribution in [-0.2, 0) is 16.4 Å². The van der Waals surface area contributed by atoms with Crippen LogP contribution in [0.3, 0.4) is 0 Å². The lowest BCUT2D eigenvalue weighted by Gasteiger charge is -2.13. The summed E-state index contributed by atoms with van der Waals surface area (Å²) >= 11 is 0. The number of methoxy groups -OCH3 is 1. The number of halogens is 1. The highest BCUT2D eigenvalue weighted by atomic mass is 32.2. The molecule has 0 fully saturated rings. The number of sulfone groups is 1. The summed E-state index contributed by atoms with van der Waals surface area (Å²) in [5, 5.41) is -0.591. The lowest BCUT2D eigenvalue weighted by molar-refractivity contribution is 0.412. The highest BCUT2D eigenvalue weighted by molar-refractivity contribution is 7.91. The molecule has 0 radical (unpaired) electrons. The van der Waals surface area contributed by atoms with E-state index in [1.165, 1.54) is 10.6 Å². The number of benzene rings is 1. The number of rotatable bonds is 6. The van der Waals surface area contributed by atoms with Crippen molar-refractivity contribution in [2.75, 3.05) is 13.4 Å². The van der Waals surface area contributed by atoms with E-state index in [0.29, 0.717) is 11.3 Å². The highest BCUT2D eigenvalue weighted by Gasteiger charge is 2.16. The zero-order chi connectivity index (χ0) is 18.8. The molecule has 0 saturated carbocycles. The van der Waals surface area contributed by atoms with Gasteiger partial charge in [0.15, 0.2) is 0 Å². The average Bonchev–Trinajstić information content (AvgIpc) is 2.53. The maximum absolute atomic E-state index is 14.5. The average molecular weight is 367 g/mol. The molecular formula is C18H22FNO4S. The first-order valence-electron chi connectivity index (χ1n) is 7.87. The predicted molar refractivity (Wildman–Crippen MR) is 96.3 cm³/mol. The summed E-state index contributed by atoms with van der Waals surface area (Å²) in [5.74, 6) is 0.156. The number of hydrogen-bond donors (Lipinski definition) is 0. The number of nitrogens with zero attached hydrogens (tertiary/aromatic N) is 1. The smallest absolute Gasteiger partial charge is 0.251 e. The van der Waals surface area contributed by atoms with E-state index in [-0.39, 0.29) is 24.1 Å².